The molecule has 2 rings (SSSR count). The van der Waals surface area contributed by atoms with Gasteiger partial charge < -0.3 is 24.3 Å². The SMILES string of the molecule is COc1ccc(CCC(=O)N[C@H](C)c2ccc(OC)c(OC)c2)cc1OC. The molecule has 1 N–H and O–H groups in total. The van der Waals surface area contributed by atoms with Crippen molar-refractivity contribution in [1.82, 2.24) is 5.32 Å². The van der Waals surface area contributed by atoms with Crippen LogP contribution in [0.4, 0.5) is 0 Å². The molecule has 0 fully saturated rings. The number of nitrogens with one attached hydrogen (secondary N) is 1. The minimum absolute atomic E-state index is 0.0212. The van der Waals surface area contributed by atoms with E-state index in [4.69, 9.17) is 18.9 Å². The van der Waals surface area contributed by atoms with Crippen LogP contribution in [0.2, 0.25) is 0 Å². The van der Waals surface area contributed by atoms with Crippen molar-refractivity contribution in [3.63, 3.8) is 0 Å². The second-order valence-electron chi connectivity index (χ2n) is 6.09. The number of hydrogen-bond acceptors (Lipinski definition) is 5. The van der Waals surface area contributed by atoms with Crippen molar-refractivity contribution >= 4 is 5.91 Å². The molecule has 6 nitrogen and oxygen atoms in total. The van der Waals surface area contributed by atoms with Gasteiger partial charge in [0.2, 0.25) is 5.91 Å². The number of carbonyl (C=O) groups is 1. The van der Waals surface area contributed by atoms with Crippen LogP contribution in [0.25, 0.3) is 0 Å². The van der Waals surface area contributed by atoms with Crippen molar-refractivity contribution in [3.8, 4) is 23.0 Å². The summed E-state index contributed by atoms with van der Waals surface area (Å²) in [4.78, 5) is 12.3. The number of methoxy groups -OCH3 is 4. The van der Waals surface area contributed by atoms with Crippen LogP contribution in [0.3, 0.4) is 0 Å². The zero-order valence-electron chi connectivity index (χ0n) is 16.5. The highest BCUT2D eigenvalue weighted by Crippen LogP contribution is 2.30. The molecule has 0 aliphatic rings. The molecule has 0 radical (unpaired) electrons. The number of ether oxygens (including phenoxy) is 4. The number of rotatable bonds is 9. The standard InChI is InChI=1S/C21H27NO5/c1-14(16-8-10-18(25-3)20(13-16)27-5)22-21(23)11-7-15-6-9-17(24-2)19(12-15)26-4/h6,8-10,12-14H,7,11H2,1-5H3,(H,22,23)/t14-/m1/s1. The van der Waals surface area contributed by atoms with Crippen LogP contribution in [0.5, 0.6) is 23.0 Å². The first-order valence-electron chi connectivity index (χ1n) is 8.74. The van der Waals surface area contributed by atoms with Crippen molar-refractivity contribution in [2.45, 2.75) is 25.8 Å². The Balaban J connectivity index is 1.95. The molecule has 0 saturated heterocycles. The van der Waals surface area contributed by atoms with Crippen LogP contribution < -0.4 is 24.3 Å². The molecule has 0 heterocycles. The molecule has 1 atom stereocenters. The molecule has 1 amide bonds. The zero-order chi connectivity index (χ0) is 19.8. The number of benzene rings is 2. The van der Waals surface area contributed by atoms with Crippen LogP contribution in [0, 0.1) is 0 Å². The average molecular weight is 373 g/mol. The minimum atomic E-state index is -0.136. The Morgan fingerprint density at radius 3 is 2.00 bits per heavy atom. The second-order valence-corrected chi connectivity index (χ2v) is 6.09. The molecule has 27 heavy (non-hydrogen) atoms. The average Bonchev–Trinajstić information content (AvgIpc) is 2.71. The van der Waals surface area contributed by atoms with Gasteiger partial charge in [-0.05, 0) is 48.7 Å². The summed E-state index contributed by atoms with van der Waals surface area (Å²) < 4.78 is 21.1. The molecule has 0 saturated carbocycles. The summed E-state index contributed by atoms with van der Waals surface area (Å²) in [7, 11) is 6.38. The Morgan fingerprint density at radius 1 is 0.852 bits per heavy atom. The van der Waals surface area contributed by atoms with E-state index in [1.165, 1.54) is 0 Å². The Bertz CT molecular complexity index is 775. The van der Waals surface area contributed by atoms with E-state index < -0.39 is 0 Å². The predicted molar refractivity (Wildman–Crippen MR) is 104 cm³/mol. The van der Waals surface area contributed by atoms with Crippen LogP contribution >= 0.6 is 0 Å². The van der Waals surface area contributed by atoms with Gasteiger partial charge >= 0.3 is 0 Å². The van der Waals surface area contributed by atoms with Crippen molar-refractivity contribution < 1.29 is 23.7 Å². The maximum atomic E-state index is 12.3. The van der Waals surface area contributed by atoms with Gasteiger partial charge in [-0.2, -0.15) is 0 Å². The maximum absolute atomic E-state index is 12.3. The first-order valence-corrected chi connectivity index (χ1v) is 8.74. The largest absolute Gasteiger partial charge is 0.493 e. The molecular formula is C21H27NO5. The third-order valence-corrected chi connectivity index (χ3v) is 4.37. The molecule has 146 valence electrons. The predicted octanol–water partition coefficient (Wildman–Crippen LogP) is 3.53. The Morgan fingerprint density at radius 2 is 1.41 bits per heavy atom. The lowest BCUT2D eigenvalue weighted by atomic mass is 10.1. The van der Waals surface area contributed by atoms with Crippen molar-refractivity contribution in [3.05, 3.63) is 47.5 Å². The number of amides is 1. The van der Waals surface area contributed by atoms with Gasteiger partial charge in [-0.3, -0.25) is 4.79 Å². The highest BCUT2D eigenvalue weighted by atomic mass is 16.5. The molecule has 0 aromatic heterocycles. The number of hydrogen-bond donors (Lipinski definition) is 1. The van der Waals surface area contributed by atoms with Gasteiger partial charge in [0.1, 0.15) is 0 Å². The lowest BCUT2D eigenvalue weighted by molar-refractivity contribution is -0.121. The summed E-state index contributed by atoms with van der Waals surface area (Å²) in [5.41, 5.74) is 1.97. The molecule has 2 aromatic rings. The van der Waals surface area contributed by atoms with E-state index in [9.17, 15) is 4.79 Å². The quantitative estimate of drug-likeness (QED) is 0.728. The third-order valence-electron chi connectivity index (χ3n) is 4.37. The second kappa shape index (κ2) is 9.71. The highest BCUT2D eigenvalue weighted by Gasteiger charge is 2.13. The highest BCUT2D eigenvalue weighted by molar-refractivity contribution is 5.76. The minimum Gasteiger partial charge on any atom is -0.493 e. The summed E-state index contributed by atoms with van der Waals surface area (Å²) in [5.74, 6) is 2.61. The van der Waals surface area contributed by atoms with E-state index in [0.717, 1.165) is 11.1 Å². The zero-order valence-corrected chi connectivity index (χ0v) is 16.5. The molecule has 0 bridgehead atoms. The lowest BCUT2D eigenvalue weighted by Gasteiger charge is -2.17. The first-order chi connectivity index (χ1) is 13.0. The fourth-order valence-electron chi connectivity index (χ4n) is 2.81. The summed E-state index contributed by atoms with van der Waals surface area (Å²) in [5, 5.41) is 3.02. The molecule has 0 aliphatic heterocycles. The van der Waals surface area contributed by atoms with E-state index in [1.54, 1.807) is 28.4 Å². The third kappa shape index (κ3) is 5.29. The molecule has 0 aliphatic carbocycles. The molecule has 0 unspecified atom stereocenters. The summed E-state index contributed by atoms with van der Waals surface area (Å²) >= 11 is 0. The normalized spacial score (nSPS) is 11.4. The van der Waals surface area contributed by atoms with Crippen LogP contribution in [-0.2, 0) is 11.2 Å². The summed E-state index contributed by atoms with van der Waals surface area (Å²) in [6.45, 7) is 1.94. The van der Waals surface area contributed by atoms with Crippen LogP contribution in [-0.4, -0.2) is 34.3 Å². The van der Waals surface area contributed by atoms with E-state index >= 15 is 0 Å². The van der Waals surface area contributed by atoms with Gasteiger partial charge in [0.15, 0.2) is 23.0 Å². The number of carbonyl (C=O) groups excluding carboxylic acids is 1. The van der Waals surface area contributed by atoms with Crippen molar-refractivity contribution in [2.75, 3.05) is 28.4 Å². The van der Waals surface area contributed by atoms with Crippen molar-refractivity contribution in [2.24, 2.45) is 0 Å². The van der Waals surface area contributed by atoms with Gasteiger partial charge in [-0.25, -0.2) is 0 Å². The molecule has 2 aromatic carbocycles. The van der Waals surface area contributed by atoms with Crippen molar-refractivity contribution in [1.29, 1.82) is 0 Å². The fourth-order valence-corrected chi connectivity index (χ4v) is 2.81. The lowest BCUT2D eigenvalue weighted by Crippen LogP contribution is -2.26. The Labute approximate surface area is 160 Å². The Kier molecular flexibility index (Phi) is 7.34. The summed E-state index contributed by atoms with van der Waals surface area (Å²) in [6, 6.07) is 11.2. The first kappa shape index (κ1) is 20.4. The van der Waals surface area contributed by atoms with Gasteiger partial charge in [0, 0.05) is 6.42 Å². The Hall–Kier alpha value is -2.89. The molecule has 0 spiro atoms. The number of aryl methyl sites for hydroxylation is 1. The maximum Gasteiger partial charge on any atom is 0.220 e. The topological polar surface area (TPSA) is 66.0 Å². The van der Waals surface area contributed by atoms with Crippen LogP contribution in [0.15, 0.2) is 36.4 Å². The monoisotopic (exact) mass is 373 g/mol. The summed E-state index contributed by atoms with van der Waals surface area (Å²) in [6.07, 6.45) is 0.998. The smallest absolute Gasteiger partial charge is 0.220 e. The van der Waals surface area contributed by atoms with E-state index in [0.29, 0.717) is 35.8 Å². The van der Waals surface area contributed by atoms with E-state index in [-0.39, 0.29) is 11.9 Å². The van der Waals surface area contributed by atoms with Crippen LogP contribution in [0.1, 0.15) is 30.5 Å². The van der Waals surface area contributed by atoms with Gasteiger partial charge in [-0.15, -0.1) is 0 Å². The van der Waals surface area contributed by atoms with E-state index in [1.807, 2.05) is 43.3 Å². The molecular weight excluding hydrogens is 346 g/mol. The van der Waals surface area contributed by atoms with Gasteiger partial charge in [0.25, 0.3) is 0 Å². The van der Waals surface area contributed by atoms with Gasteiger partial charge in [-0.1, -0.05) is 12.1 Å². The van der Waals surface area contributed by atoms with E-state index in [2.05, 4.69) is 5.32 Å². The fraction of sp³-hybridized carbons (Fsp3) is 0.381. The van der Waals surface area contributed by atoms with Gasteiger partial charge in [0.05, 0.1) is 34.5 Å². The molecule has 6 heteroatoms.